The molecule has 1 aliphatic heterocycles. The first-order chi connectivity index (χ1) is 12.6. The minimum atomic E-state index is -1.14. The third kappa shape index (κ3) is 2.66. The highest BCUT2D eigenvalue weighted by Crippen LogP contribution is 2.29. The van der Waals surface area contributed by atoms with Crippen LogP contribution in [0.5, 0.6) is 0 Å². The molecule has 134 valence electrons. The van der Waals surface area contributed by atoms with E-state index in [-0.39, 0.29) is 19.7 Å². The van der Waals surface area contributed by atoms with Gasteiger partial charge in [-0.1, -0.05) is 36.4 Å². The number of amides is 1. The van der Waals surface area contributed by atoms with Crippen molar-refractivity contribution in [2.45, 2.75) is 25.3 Å². The van der Waals surface area contributed by atoms with Crippen molar-refractivity contribution in [3.63, 3.8) is 0 Å². The molecule has 0 unspecified atom stereocenters. The summed E-state index contributed by atoms with van der Waals surface area (Å²) in [7, 11) is 0. The summed E-state index contributed by atoms with van der Waals surface area (Å²) in [5.41, 5.74) is 1.86. The number of rotatable bonds is 3. The van der Waals surface area contributed by atoms with E-state index in [0.717, 1.165) is 26.7 Å². The molecule has 2 atom stereocenters. The molecule has 3 aromatic rings. The fourth-order valence-corrected chi connectivity index (χ4v) is 3.59. The Morgan fingerprint density at radius 3 is 2.19 bits per heavy atom. The second-order valence-electron chi connectivity index (χ2n) is 6.40. The number of carbonyl (C=O) groups excluding carboxylic acids is 1. The highest BCUT2D eigenvalue weighted by Gasteiger charge is 2.39. The van der Waals surface area contributed by atoms with E-state index < -0.39 is 24.2 Å². The van der Waals surface area contributed by atoms with E-state index in [9.17, 15) is 19.8 Å². The first-order valence-corrected chi connectivity index (χ1v) is 8.36. The van der Waals surface area contributed by atoms with Crippen LogP contribution < -0.4 is 0 Å². The van der Waals surface area contributed by atoms with Gasteiger partial charge < -0.3 is 19.5 Å². The number of hydrogen-bond acceptors (Lipinski definition) is 4. The lowest BCUT2D eigenvalue weighted by atomic mass is 10.2. The number of carboxylic acids is 1. The standard InChI is InChI=1S/C19H18N2O5/c22-12-9-17(18(23)24)20(10-12)19(25)26-11-21-15-7-3-1-5-13(15)14-6-2-4-8-16(14)21/h1-8,12,17,22H,9-11H2,(H,23,24)/t12-,17-/m0/s1. The van der Waals surface area contributed by atoms with Gasteiger partial charge >= 0.3 is 12.1 Å². The average molecular weight is 354 g/mol. The zero-order valence-corrected chi connectivity index (χ0v) is 13.9. The topological polar surface area (TPSA) is 92.0 Å². The lowest BCUT2D eigenvalue weighted by molar-refractivity contribution is -0.141. The number of aromatic nitrogens is 1. The first kappa shape index (κ1) is 16.4. The van der Waals surface area contributed by atoms with Crippen LogP contribution in [0.1, 0.15) is 6.42 Å². The van der Waals surface area contributed by atoms with Gasteiger partial charge in [-0.3, -0.25) is 4.90 Å². The molecule has 1 aromatic heterocycles. The number of aliphatic hydroxyl groups is 1. The van der Waals surface area contributed by atoms with Crippen molar-refractivity contribution in [2.75, 3.05) is 6.54 Å². The summed E-state index contributed by atoms with van der Waals surface area (Å²) < 4.78 is 7.27. The van der Waals surface area contributed by atoms with Gasteiger partial charge in [-0.05, 0) is 12.1 Å². The summed E-state index contributed by atoms with van der Waals surface area (Å²) in [6.45, 7) is -0.0746. The highest BCUT2D eigenvalue weighted by molar-refractivity contribution is 6.07. The number of fused-ring (bicyclic) bond motifs is 3. The molecule has 0 saturated carbocycles. The van der Waals surface area contributed by atoms with Crippen LogP contribution in [0.15, 0.2) is 48.5 Å². The number of carbonyl (C=O) groups is 2. The second-order valence-corrected chi connectivity index (χ2v) is 6.40. The molecule has 7 nitrogen and oxygen atoms in total. The third-order valence-electron chi connectivity index (χ3n) is 4.80. The van der Waals surface area contributed by atoms with Crippen molar-refractivity contribution in [1.82, 2.24) is 9.47 Å². The van der Waals surface area contributed by atoms with Crippen molar-refractivity contribution in [3.8, 4) is 0 Å². The molecule has 0 spiro atoms. The van der Waals surface area contributed by atoms with Crippen molar-refractivity contribution in [3.05, 3.63) is 48.5 Å². The van der Waals surface area contributed by atoms with E-state index in [4.69, 9.17) is 4.74 Å². The summed E-state index contributed by atoms with van der Waals surface area (Å²) >= 11 is 0. The molecular weight excluding hydrogens is 336 g/mol. The van der Waals surface area contributed by atoms with E-state index in [2.05, 4.69) is 0 Å². The Morgan fingerprint density at radius 2 is 1.62 bits per heavy atom. The number of carboxylic acid groups (broad SMARTS) is 1. The van der Waals surface area contributed by atoms with E-state index in [1.165, 1.54) is 0 Å². The Bertz CT molecular complexity index is 943. The minimum absolute atomic E-state index is 0.0137. The number of nitrogens with zero attached hydrogens (tertiary/aromatic N) is 2. The molecule has 1 aliphatic rings. The van der Waals surface area contributed by atoms with Crippen LogP contribution >= 0.6 is 0 Å². The molecule has 0 radical (unpaired) electrons. The normalized spacial score (nSPS) is 20.0. The van der Waals surface area contributed by atoms with Gasteiger partial charge in [-0.15, -0.1) is 0 Å². The fourth-order valence-electron chi connectivity index (χ4n) is 3.59. The molecule has 2 heterocycles. The zero-order chi connectivity index (χ0) is 18.3. The van der Waals surface area contributed by atoms with Crippen molar-refractivity contribution < 1.29 is 24.5 Å². The lowest BCUT2D eigenvalue weighted by Gasteiger charge is -2.21. The predicted molar refractivity (Wildman–Crippen MR) is 94.7 cm³/mol. The van der Waals surface area contributed by atoms with Crippen molar-refractivity contribution in [2.24, 2.45) is 0 Å². The molecule has 2 N–H and O–H groups in total. The Balaban J connectivity index is 1.61. The van der Waals surface area contributed by atoms with Gasteiger partial charge in [0.25, 0.3) is 0 Å². The predicted octanol–water partition coefficient (Wildman–Crippen LogP) is 2.41. The Morgan fingerprint density at radius 1 is 1.04 bits per heavy atom. The molecule has 7 heteroatoms. The number of aliphatic carboxylic acids is 1. The van der Waals surface area contributed by atoms with E-state index in [0.29, 0.717) is 0 Å². The smallest absolute Gasteiger partial charge is 0.412 e. The average Bonchev–Trinajstić information content (AvgIpc) is 3.18. The van der Waals surface area contributed by atoms with Crippen LogP contribution in [0.25, 0.3) is 21.8 Å². The highest BCUT2D eigenvalue weighted by atomic mass is 16.6. The van der Waals surface area contributed by atoms with Gasteiger partial charge in [0, 0.05) is 17.2 Å². The van der Waals surface area contributed by atoms with Crippen LogP contribution in [-0.2, 0) is 16.3 Å². The number of aliphatic hydroxyl groups excluding tert-OH is 1. The summed E-state index contributed by atoms with van der Waals surface area (Å²) in [5, 5.41) is 21.0. The maximum atomic E-state index is 12.4. The molecule has 0 aliphatic carbocycles. The molecule has 1 saturated heterocycles. The van der Waals surface area contributed by atoms with E-state index in [1.54, 1.807) is 0 Å². The Labute approximate surface area is 149 Å². The maximum absolute atomic E-state index is 12.4. The number of ether oxygens (including phenoxy) is 1. The van der Waals surface area contributed by atoms with Gasteiger partial charge in [-0.25, -0.2) is 9.59 Å². The summed E-state index contributed by atoms with van der Waals surface area (Å²) in [5.74, 6) is -1.14. The number of likely N-dealkylation sites (tertiary alicyclic amines) is 1. The Kier molecular flexibility index (Phi) is 4.00. The monoisotopic (exact) mass is 354 g/mol. The van der Waals surface area contributed by atoms with Crippen molar-refractivity contribution in [1.29, 1.82) is 0 Å². The lowest BCUT2D eigenvalue weighted by Crippen LogP contribution is -2.41. The minimum Gasteiger partial charge on any atom is -0.480 e. The van der Waals surface area contributed by atoms with Crippen molar-refractivity contribution >= 4 is 33.9 Å². The third-order valence-corrected chi connectivity index (χ3v) is 4.80. The van der Waals surface area contributed by atoms with Gasteiger partial charge in [0.2, 0.25) is 0 Å². The summed E-state index contributed by atoms with van der Waals surface area (Å²) in [6.07, 6.45) is -1.58. The van der Waals surface area contributed by atoms with Gasteiger partial charge in [0.1, 0.15) is 6.04 Å². The van der Waals surface area contributed by atoms with Crippen LogP contribution in [0.2, 0.25) is 0 Å². The zero-order valence-electron chi connectivity index (χ0n) is 13.9. The Hall–Kier alpha value is -3.06. The van der Waals surface area contributed by atoms with Crippen LogP contribution in [-0.4, -0.2) is 50.4 Å². The van der Waals surface area contributed by atoms with Gasteiger partial charge in [-0.2, -0.15) is 0 Å². The fraction of sp³-hybridized carbons (Fsp3) is 0.263. The molecule has 1 amide bonds. The molecule has 2 aromatic carbocycles. The molecular formula is C19H18N2O5. The van der Waals surface area contributed by atoms with Crippen LogP contribution in [0.4, 0.5) is 4.79 Å². The number of hydrogen-bond donors (Lipinski definition) is 2. The molecule has 4 rings (SSSR count). The van der Waals surface area contributed by atoms with Crippen LogP contribution in [0, 0.1) is 0 Å². The van der Waals surface area contributed by atoms with Gasteiger partial charge in [0.05, 0.1) is 23.7 Å². The van der Waals surface area contributed by atoms with Crippen LogP contribution in [0.3, 0.4) is 0 Å². The SMILES string of the molecule is O=C(O)[C@@H]1C[C@H](O)CN1C(=O)OCn1c2ccccc2c2ccccc21. The number of β-amino-alcohol motifs (C(OH)–C–C–N with tert-alkyl or cyclic N) is 1. The number of benzene rings is 2. The summed E-state index contributed by atoms with van der Waals surface area (Å²) in [6, 6.07) is 14.6. The molecule has 26 heavy (non-hydrogen) atoms. The van der Waals surface area contributed by atoms with Gasteiger partial charge in [0.15, 0.2) is 6.73 Å². The maximum Gasteiger partial charge on any atom is 0.412 e. The molecule has 0 bridgehead atoms. The summed E-state index contributed by atoms with van der Waals surface area (Å²) in [4.78, 5) is 24.7. The molecule has 1 fully saturated rings. The largest absolute Gasteiger partial charge is 0.480 e. The number of para-hydroxylation sites is 2. The van der Waals surface area contributed by atoms with E-state index >= 15 is 0 Å². The quantitative estimate of drug-likeness (QED) is 0.754. The second kappa shape index (κ2) is 6.34. The first-order valence-electron chi connectivity index (χ1n) is 8.36. The van der Waals surface area contributed by atoms with E-state index in [1.807, 2.05) is 53.1 Å².